The molecule has 3 rings (SSSR count). The summed E-state index contributed by atoms with van der Waals surface area (Å²) in [7, 11) is 0. The molecule has 2 fully saturated rings. The zero-order valence-corrected chi connectivity index (χ0v) is 11.7. The topological polar surface area (TPSA) is 38.8 Å². The van der Waals surface area contributed by atoms with E-state index in [0.29, 0.717) is 12.5 Å². The van der Waals surface area contributed by atoms with Gasteiger partial charge in [0.25, 0.3) is 0 Å². The first kappa shape index (κ1) is 13.6. The first-order valence-corrected chi connectivity index (χ1v) is 7.36. The quantitative estimate of drug-likeness (QED) is 0.746. The van der Waals surface area contributed by atoms with Crippen LogP contribution in [0.25, 0.3) is 0 Å². The molecule has 1 aliphatic carbocycles. The smallest absolute Gasteiger partial charge is 0.153 e. The summed E-state index contributed by atoms with van der Waals surface area (Å²) in [4.78, 5) is 13.5. The Hall–Kier alpha value is -1.39. The lowest BCUT2D eigenvalue weighted by Gasteiger charge is -2.29. The van der Waals surface area contributed by atoms with Crippen molar-refractivity contribution in [2.24, 2.45) is 5.92 Å². The summed E-state index contributed by atoms with van der Waals surface area (Å²) < 4.78 is 11.0. The van der Waals surface area contributed by atoms with Crippen LogP contribution in [0.1, 0.15) is 24.5 Å². The van der Waals surface area contributed by atoms with Gasteiger partial charge < -0.3 is 19.2 Å². The maximum absolute atomic E-state index is 11.2. The molecule has 0 amide bonds. The van der Waals surface area contributed by atoms with Crippen molar-refractivity contribution in [2.75, 3.05) is 37.8 Å². The summed E-state index contributed by atoms with van der Waals surface area (Å²) in [6.45, 7) is 4.12. The summed E-state index contributed by atoms with van der Waals surface area (Å²) in [6, 6.07) is 8.13. The minimum atomic E-state index is -0.422. The van der Waals surface area contributed by atoms with E-state index in [4.69, 9.17) is 9.47 Å². The van der Waals surface area contributed by atoms with E-state index in [2.05, 4.69) is 17.0 Å². The molecule has 20 heavy (non-hydrogen) atoms. The van der Waals surface area contributed by atoms with Crippen LogP contribution in [0.3, 0.4) is 0 Å². The highest BCUT2D eigenvalue weighted by atomic mass is 16.5. The van der Waals surface area contributed by atoms with E-state index in [1.165, 1.54) is 18.5 Å². The van der Waals surface area contributed by atoms with Crippen molar-refractivity contribution < 1.29 is 14.3 Å². The van der Waals surface area contributed by atoms with Crippen LogP contribution in [0.2, 0.25) is 0 Å². The van der Waals surface area contributed by atoms with Crippen LogP contribution in [-0.4, -0.2) is 39.2 Å². The minimum absolute atomic E-state index is 0.422. The average molecular weight is 275 g/mol. The van der Waals surface area contributed by atoms with Gasteiger partial charge >= 0.3 is 0 Å². The van der Waals surface area contributed by atoms with Crippen molar-refractivity contribution in [3.8, 4) is 0 Å². The number of nitrogens with zero attached hydrogens (tertiary/aromatic N) is 1. The monoisotopic (exact) mass is 275 g/mol. The van der Waals surface area contributed by atoms with Gasteiger partial charge in [0.2, 0.25) is 0 Å². The lowest BCUT2D eigenvalue weighted by molar-refractivity contribution is -0.118. The summed E-state index contributed by atoms with van der Waals surface area (Å²) in [6.07, 6.45) is 2.95. The molecular weight excluding hydrogens is 254 g/mol. The molecule has 1 saturated carbocycles. The zero-order valence-electron chi connectivity index (χ0n) is 11.7. The molecule has 108 valence electrons. The van der Waals surface area contributed by atoms with E-state index < -0.39 is 6.10 Å². The van der Waals surface area contributed by atoms with Crippen molar-refractivity contribution in [3.05, 3.63) is 29.8 Å². The molecule has 0 spiro atoms. The molecular formula is C16H21NO3. The maximum atomic E-state index is 11.2. The van der Waals surface area contributed by atoms with Crippen molar-refractivity contribution in [3.63, 3.8) is 0 Å². The number of carbonyl (C=O) groups is 1. The molecule has 0 radical (unpaired) electrons. The molecule has 1 heterocycles. The molecule has 0 bridgehead atoms. The molecule has 4 nitrogen and oxygen atoms in total. The molecule has 1 aromatic carbocycles. The summed E-state index contributed by atoms with van der Waals surface area (Å²) in [5.74, 6) is 0.671. The highest BCUT2D eigenvalue weighted by molar-refractivity contribution is 5.61. The van der Waals surface area contributed by atoms with Gasteiger partial charge in [-0.15, -0.1) is 0 Å². The van der Waals surface area contributed by atoms with E-state index in [0.717, 1.165) is 38.2 Å². The molecule has 0 aromatic heterocycles. The third kappa shape index (κ3) is 3.38. The second-order valence-electron chi connectivity index (χ2n) is 5.52. The fourth-order valence-corrected chi connectivity index (χ4v) is 2.43. The van der Waals surface area contributed by atoms with Gasteiger partial charge in [-0.25, -0.2) is 0 Å². The van der Waals surface area contributed by atoms with Crippen LogP contribution in [0.5, 0.6) is 0 Å². The number of aldehydes is 1. The largest absolute Gasteiger partial charge is 0.378 e. The summed E-state index contributed by atoms with van der Waals surface area (Å²) in [5, 5.41) is 0. The molecule has 0 N–H and O–H groups in total. The number of hydrogen-bond donors (Lipinski definition) is 0. The van der Waals surface area contributed by atoms with E-state index in [1.54, 1.807) is 0 Å². The van der Waals surface area contributed by atoms with E-state index in [9.17, 15) is 4.79 Å². The van der Waals surface area contributed by atoms with Gasteiger partial charge in [-0.05, 0) is 36.5 Å². The van der Waals surface area contributed by atoms with Gasteiger partial charge in [0.1, 0.15) is 6.10 Å². The van der Waals surface area contributed by atoms with Gasteiger partial charge in [0.05, 0.1) is 19.8 Å². The number of anilines is 1. The van der Waals surface area contributed by atoms with Crippen LogP contribution < -0.4 is 4.90 Å². The molecule has 1 aromatic rings. The predicted octanol–water partition coefficient (Wildman–Crippen LogP) is 2.19. The van der Waals surface area contributed by atoms with E-state index in [1.807, 2.05) is 12.1 Å². The van der Waals surface area contributed by atoms with E-state index >= 15 is 0 Å². The Balaban J connectivity index is 1.62. The third-order valence-corrected chi connectivity index (χ3v) is 3.93. The molecule has 1 aliphatic heterocycles. The fourth-order valence-electron chi connectivity index (χ4n) is 2.43. The van der Waals surface area contributed by atoms with Gasteiger partial charge in [0.15, 0.2) is 6.29 Å². The number of morpholine rings is 1. The maximum Gasteiger partial charge on any atom is 0.153 e. The van der Waals surface area contributed by atoms with Crippen molar-refractivity contribution in [1.82, 2.24) is 0 Å². The fraction of sp³-hybridized carbons (Fsp3) is 0.562. The lowest BCUT2D eigenvalue weighted by atomic mass is 10.1. The Bertz CT molecular complexity index is 436. The number of rotatable bonds is 6. The van der Waals surface area contributed by atoms with Crippen LogP contribution in [0, 0.1) is 5.92 Å². The summed E-state index contributed by atoms with van der Waals surface area (Å²) >= 11 is 0. The van der Waals surface area contributed by atoms with E-state index in [-0.39, 0.29) is 0 Å². The van der Waals surface area contributed by atoms with Crippen LogP contribution in [0.15, 0.2) is 24.3 Å². The molecule has 4 heteroatoms. The zero-order chi connectivity index (χ0) is 13.8. The molecule has 1 unspecified atom stereocenters. The SMILES string of the molecule is O=CC(OCC1CC1)c1ccc(N2CCOCC2)cc1. The average Bonchev–Trinajstić information content (AvgIpc) is 3.34. The Kier molecular flexibility index (Phi) is 4.33. The second kappa shape index (κ2) is 6.37. The Morgan fingerprint density at radius 1 is 1.25 bits per heavy atom. The first-order valence-electron chi connectivity index (χ1n) is 7.36. The lowest BCUT2D eigenvalue weighted by Crippen LogP contribution is -2.36. The Morgan fingerprint density at radius 2 is 1.95 bits per heavy atom. The predicted molar refractivity (Wildman–Crippen MR) is 77.0 cm³/mol. The normalized spacial score (nSPS) is 20.7. The number of hydrogen-bond acceptors (Lipinski definition) is 4. The summed E-state index contributed by atoms with van der Waals surface area (Å²) in [5.41, 5.74) is 2.13. The highest BCUT2D eigenvalue weighted by Gasteiger charge is 2.23. The number of carbonyl (C=O) groups excluding carboxylic acids is 1. The Morgan fingerprint density at radius 3 is 2.55 bits per heavy atom. The molecule has 1 saturated heterocycles. The van der Waals surface area contributed by atoms with Gasteiger partial charge in [0, 0.05) is 18.8 Å². The van der Waals surface area contributed by atoms with Gasteiger partial charge in [-0.2, -0.15) is 0 Å². The van der Waals surface area contributed by atoms with Gasteiger partial charge in [-0.1, -0.05) is 12.1 Å². The Labute approximate surface area is 119 Å². The van der Waals surface area contributed by atoms with Crippen LogP contribution in [-0.2, 0) is 14.3 Å². The number of benzene rings is 1. The van der Waals surface area contributed by atoms with Crippen molar-refractivity contribution in [1.29, 1.82) is 0 Å². The first-order chi connectivity index (χ1) is 9.86. The molecule has 1 atom stereocenters. The van der Waals surface area contributed by atoms with Crippen molar-refractivity contribution >= 4 is 12.0 Å². The van der Waals surface area contributed by atoms with Crippen molar-refractivity contribution in [2.45, 2.75) is 18.9 Å². The standard InChI is InChI=1S/C16H21NO3/c18-11-16(20-12-13-1-2-13)14-3-5-15(6-4-14)17-7-9-19-10-8-17/h3-6,11,13,16H,1-2,7-10,12H2. The third-order valence-electron chi connectivity index (χ3n) is 3.93. The second-order valence-corrected chi connectivity index (χ2v) is 5.52. The minimum Gasteiger partial charge on any atom is -0.378 e. The van der Waals surface area contributed by atoms with Crippen LogP contribution in [0.4, 0.5) is 5.69 Å². The van der Waals surface area contributed by atoms with Gasteiger partial charge in [-0.3, -0.25) is 0 Å². The highest BCUT2D eigenvalue weighted by Crippen LogP contribution is 2.31. The number of ether oxygens (including phenoxy) is 2. The van der Waals surface area contributed by atoms with Crippen LogP contribution >= 0.6 is 0 Å². The molecule has 2 aliphatic rings.